The van der Waals surface area contributed by atoms with Crippen LogP contribution in [0, 0.1) is 5.92 Å². The number of carbonyl (C=O) groups is 3. The summed E-state index contributed by atoms with van der Waals surface area (Å²) in [4.78, 5) is 52.0. The minimum Gasteiger partial charge on any atom is -0.344 e. The second kappa shape index (κ2) is 12.0. The smallest absolute Gasteiger partial charge is 0.272 e. The Labute approximate surface area is 227 Å². The van der Waals surface area contributed by atoms with Gasteiger partial charge in [-0.2, -0.15) is 4.31 Å². The summed E-state index contributed by atoms with van der Waals surface area (Å²) >= 11 is 0. The number of ketones is 1. The van der Waals surface area contributed by atoms with Gasteiger partial charge < -0.3 is 10.6 Å². The molecular formula is C27H32N6O5S. The van der Waals surface area contributed by atoms with Gasteiger partial charge in [0.2, 0.25) is 5.91 Å². The van der Waals surface area contributed by atoms with E-state index >= 15 is 0 Å². The molecule has 12 heteroatoms. The molecule has 1 aliphatic rings. The number of sulfonamides is 1. The van der Waals surface area contributed by atoms with Crippen LogP contribution >= 0.6 is 0 Å². The highest BCUT2D eigenvalue weighted by molar-refractivity contribution is 7.89. The summed E-state index contributed by atoms with van der Waals surface area (Å²) in [5.74, 6) is -1.44. The largest absolute Gasteiger partial charge is 0.344 e. The van der Waals surface area contributed by atoms with Crippen LogP contribution in [0.5, 0.6) is 0 Å². The van der Waals surface area contributed by atoms with Crippen LogP contribution in [0.2, 0.25) is 0 Å². The van der Waals surface area contributed by atoms with Gasteiger partial charge in [0.25, 0.3) is 15.9 Å². The zero-order chi connectivity index (χ0) is 28.2. The maximum Gasteiger partial charge on any atom is 0.272 e. The predicted octanol–water partition coefficient (Wildman–Crippen LogP) is 2.10. The topological polar surface area (TPSA) is 151 Å². The van der Waals surface area contributed by atoms with Crippen molar-refractivity contribution in [3.05, 3.63) is 60.6 Å². The Bertz CT molecular complexity index is 1460. The monoisotopic (exact) mass is 552 g/mol. The molecule has 0 spiro atoms. The number of amides is 2. The lowest BCUT2D eigenvalue weighted by Crippen LogP contribution is -2.53. The van der Waals surface area contributed by atoms with Crippen LogP contribution in [0.25, 0.3) is 11.0 Å². The quantitative estimate of drug-likeness (QED) is 0.431. The lowest BCUT2D eigenvalue weighted by atomic mass is 10.0. The molecular weight excluding hydrogens is 520 g/mol. The number of para-hydroxylation sites is 2. The van der Waals surface area contributed by atoms with Crippen LogP contribution in [-0.2, 0) is 19.6 Å². The van der Waals surface area contributed by atoms with E-state index in [-0.39, 0.29) is 29.6 Å². The highest BCUT2D eigenvalue weighted by atomic mass is 32.2. The Balaban J connectivity index is 1.47. The highest BCUT2D eigenvalue weighted by Gasteiger charge is 2.38. The summed E-state index contributed by atoms with van der Waals surface area (Å²) in [5.41, 5.74) is 1.27. The van der Waals surface area contributed by atoms with Crippen molar-refractivity contribution in [3.8, 4) is 0 Å². The minimum absolute atomic E-state index is 0.0626. The average molecular weight is 553 g/mol. The Kier molecular flexibility index (Phi) is 8.66. The molecule has 3 atom stereocenters. The van der Waals surface area contributed by atoms with Crippen molar-refractivity contribution in [3.63, 3.8) is 0 Å². The van der Waals surface area contributed by atoms with Crippen LogP contribution in [0.15, 0.2) is 59.9 Å². The molecule has 206 valence electrons. The third-order valence-electron chi connectivity index (χ3n) is 6.60. The van der Waals surface area contributed by atoms with Gasteiger partial charge in [0.15, 0.2) is 10.8 Å². The maximum atomic E-state index is 13.3. The predicted molar refractivity (Wildman–Crippen MR) is 144 cm³/mol. The lowest BCUT2D eigenvalue weighted by Gasteiger charge is -2.25. The zero-order valence-corrected chi connectivity index (χ0v) is 22.9. The Morgan fingerprint density at radius 1 is 1.05 bits per heavy atom. The van der Waals surface area contributed by atoms with Gasteiger partial charge in [-0.15, -0.1) is 0 Å². The first kappa shape index (κ1) is 28.2. The third kappa shape index (κ3) is 6.63. The van der Waals surface area contributed by atoms with Crippen LogP contribution in [0.3, 0.4) is 0 Å². The molecule has 0 aliphatic carbocycles. The molecule has 1 saturated heterocycles. The number of hydrogen-bond acceptors (Lipinski definition) is 8. The second-order valence-electron chi connectivity index (χ2n) is 10.1. The highest BCUT2D eigenvalue weighted by Crippen LogP contribution is 2.23. The first-order valence-corrected chi connectivity index (χ1v) is 14.3. The number of nitrogens with zero attached hydrogens (tertiary/aromatic N) is 4. The Morgan fingerprint density at radius 3 is 2.46 bits per heavy atom. The molecule has 39 heavy (non-hydrogen) atoms. The van der Waals surface area contributed by atoms with Gasteiger partial charge in [-0.3, -0.25) is 19.4 Å². The molecule has 2 aromatic heterocycles. The van der Waals surface area contributed by atoms with E-state index in [0.29, 0.717) is 23.9 Å². The fourth-order valence-electron chi connectivity index (χ4n) is 4.50. The number of fused-ring (bicyclic) bond motifs is 1. The van der Waals surface area contributed by atoms with Gasteiger partial charge in [-0.25, -0.2) is 18.4 Å². The van der Waals surface area contributed by atoms with E-state index in [1.54, 1.807) is 37.3 Å². The van der Waals surface area contributed by atoms with E-state index in [2.05, 4.69) is 25.6 Å². The molecule has 0 saturated carbocycles. The van der Waals surface area contributed by atoms with Crippen LogP contribution in [0.4, 0.5) is 0 Å². The van der Waals surface area contributed by atoms with Crippen molar-refractivity contribution in [1.82, 2.24) is 29.9 Å². The third-order valence-corrected chi connectivity index (χ3v) is 8.48. The van der Waals surface area contributed by atoms with Gasteiger partial charge in [0, 0.05) is 12.2 Å². The minimum atomic E-state index is -4.00. The van der Waals surface area contributed by atoms with Gasteiger partial charge in [0.05, 0.1) is 29.8 Å². The molecule has 4 rings (SSSR count). The number of pyridine rings is 1. The molecule has 2 N–H and O–H groups in total. The van der Waals surface area contributed by atoms with E-state index < -0.39 is 45.7 Å². The summed E-state index contributed by atoms with van der Waals surface area (Å²) in [6, 6.07) is 9.42. The summed E-state index contributed by atoms with van der Waals surface area (Å²) in [6.07, 6.45) is 3.69. The molecule has 1 fully saturated rings. The van der Waals surface area contributed by atoms with E-state index in [1.807, 2.05) is 19.9 Å². The van der Waals surface area contributed by atoms with Crippen molar-refractivity contribution in [1.29, 1.82) is 0 Å². The molecule has 1 aliphatic heterocycles. The fraction of sp³-hybridized carbons (Fsp3) is 0.407. The van der Waals surface area contributed by atoms with Crippen LogP contribution < -0.4 is 10.6 Å². The number of benzene rings is 1. The average Bonchev–Trinajstić information content (AvgIpc) is 3.06. The van der Waals surface area contributed by atoms with E-state index in [9.17, 15) is 22.8 Å². The Morgan fingerprint density at radius 2 is 1.77 bits per heavy atom. The number of Topliss-reactive ketones (excluding diaryl/α,β-unsaturated/α-hetero) is 1. The lowest BCUT2D eigenvalue weighted by molar-refractivity contribution is -0.129. The van der Waals surface area contributed by atoms with Crippen LogP contribution in [-0.4, -0.2) is 69.9 Å². The van der Waals surface area contributed by atoms with Gasteiger partial charge >= 0.3 is 0 Å². The van der Waals surface area contributed by atoms with Crippen molar-refractivity contribution in [2.24, 2.45) is 5.92 Å². The van der Waals surface area contributed by atoms with E-state index in [4.69, 9.17) is 0 Å². The van der Waals surface area contributed by atoms with Gasteiger partial charge in [0.1, 0.15) is 11.7 Å². The van der Waals surface area contributed by atoms with Gasteiger partial charge in [-0.05, 0) is 56.4 Å². The molecule has 3 heterocycles. The molecule has 0 unspecified atom stereocenters. The van der Waals surface area contributed by atoms with Crippen molar-refractivity contribution < 1.29 is 22.8 Å². The van der Waals surface area contributed by atoms with Crippen molar-refractivity contribution in [2.45, 2.75) is 63.2 Å². The zero-order valence-electron chi connectivity index (χ0n) is 22.1. The summed E-state index contributed by atoms with van der Waals surface area (Å²) in [7, 11) is -4.00. The number of hydrogen-bond donors (Lipinski definition) is 2. The molecule has 0 radical (unpaired) electrons. The van der Waals surface area contributed by atoms with Crippen molar-refractivity contribution >= 4 is 38.7 Å². The van der Waals surface area contributed by atoms with E-state index in [1.165, 1.54) is 18.5 Å². The first-order chi connectivity index (χ1) is 18.6. The number of aromatic nitrogens is 3. The molecule has 1 aromatic carbocycles. The molecule has 11 nitrogen and oxygen atoms in total. The SMILES string of the molecule is CC(C)C[C@H](NC(=O)c1cnc2ccccc2n1)C(=O)N[C@H]1CC[C@@H](C)N(S(=O)(=O)c2ccccn2)CC1=O. The number of nitrogens with one attached hydrogen (secondary N) is 2. The van der Waals surface area contributed by atoms with Gasteiger partial charge in [-0.1, -0.05) is 32.0 Å². The standard InChI is InChI=1S/C27H32N6O5S/c1-17(2)14-22(32-27(36)23-15-29-19-8-4-5-9-20(19)30-23)26(35)31-21-12-11-18(3)33(16-24(21)34)39(37,38)25-10-6-7-13-28-25/h4-10,13,15,17-18,21-22H,11-12,14,16H2,1-3H3,(H,31,35)(H,32,36)/t18-,21+,22+/m1/s1. The molecule has 2 amide bonds. The summed E-state index contributed by atoms with van der Waals surface area (Å²) in [6.45, 7) is 5.17. The Hall–Kier alpha value is -3.77. The fourth-order valence-corrected chi connectivity index (χ4v) is 6.06. The van der Waals surface area contributed by atoms with Crippen molar-refractivity contribution in [2.75, 3.05) is 6.54 Å². The van der Waals surface area contributed by atoms with Crippen LogP contribution in [0.1, 0.15) is 50.5 Å². The second-order valence-corrected chi connectivity index (χ2v) is 11.9. The first-order valence-electron chi connectivity index (χ1n) is 12.8. The number of rotatable bonds is 8. The summed E-state index contributed by atoms with van der Waals surface area (Å²) in [5, 5.41) is 5.35. The number of carbonyl (C=O) groups excluding carboxylic acids is 3. The maximum absolute atomic E-state index is 13.3. The van der Waals surface area contributed by atoms with E-state index in [0.717, 1.165) is 4.31 Å². The summed E-state index contributed by atoms with van der Waals surface area (Å²) < 4.78 is 27.4. The molecule has 3 aromatic rings. The molecule has 0 bridgehead atoms. The normalized spacial score (nSPS) is 19.4.